The van der Waals surface area contributed by atoms with Gasteiger partial charge in [0.15, 0.2) is 0 Å². The largest absolute Gasteiger partial charge is 0.367 e. The molecule has 1 aromatic heterocycles. The second kappa shape index (κ2) is 5.31. The van der Waals surface area contributed by atoms with Crippen molar-refractivity contribution in [3.8, 4) is 0 Å². The average Bonchev–Trinajstić information content (AvgIpc) is 2.28. The third-order valence-corrected chi connectivity index (χ3v) is 3.48. The van der Waals surface area contributed by atoms with Crippen LogP contribution in [0.25, 0.3) is 10.8 Å². The monoisotopic (exact) mass is 283 g/mol. The van der Waals surface area contributed by atoms with Crippen molar-refractivity contribution in [1.29, 1.82) is 0 Å². The van der Waals surface area contributed by atoms with Crippen LogP contribution in [0.3, 0.4) is 0 Å². The zero-order valence-electron chi connectivity index (χ0n) is 9.77. The minimum atomic E-state index is 0. The molecular weight excluding hydrogens is 269 g/mol. The van der Waals surface area contributed by atoms with Gasteiger partial charge in [0.25, 0.3) is 0 Å². The molecule has 1 aliphatic rings. The summed E-state index contributed by atoms with van der Waals surface area (Å²) >= 11 is 6.02. The Kier molecular flexibility index (Phi) is 3.95. The number of benzene rings is 1. The Morgan fingerprint density at radius 2 is 2.06 bits per heavy atom. The SMILES string of the molecule is Cl.NC1CC(Nc2nccc3ccc(Cl)cc23)C1. The standard InChI is InChI=1S/C13H14ClN3.ClH/c14-9-2-1-8-3-4-16-13(12(8)5-9)17-11-6-10(15)7-11;/h1-5,10-11H,6-7,15H2,(H,16,17);1H. The molecule has 0 unspecified atom stereocenters. The van der Waals surface area contributed by atoms with Crippen molar-refractivity contribution in [2.24, 2.45) is 5.73 Å². The van der Waals surface area contributed by atoms with Gasteiger partial charge >= 0.3 is 0 Å². The fourth-order valence-electron chi connectivity index (χ4n) is 2.23. The topological polar surface area (TPSA) is 50.9 Å². The predicted molar refractivity (Wildman–Crippen MR) is 78.6 cm³/mol. The van der Waals surface area contributed by atoms with Gasteiger partial charge in [-0.2, -0.15) is 0 Å². The summed E-state index contributed by atoms with van der Waals surface area (Å²) in [5.41, 5.74) is 5.78. The van der Waals surface area contributed by atoms with Gasteiger partial charge < -0.3 is 11.1 Å². The van der Waals surface area contributed by atoms with Crippen LogP contribution in [0.15, 0.2) is 30.5 Å². The van der Waals surface area contributed by atoms with Crippen LogP contribution in [0, 0.1) is 0 Å². The highest BCUT2D eigenvalue weighted by Crippen LogP contribution is 2.28. The Labute approximate surface area is 117 Å². The van der Waals surface area contributed by atoms with E-state index < -0.39 is 0 Å². The van der Waals surface area contributed by atoms with Crippen molar-refractivity contribution < 1.29 is 0 Å². The van der Waals surface area contributed by atoms with E-state index in [9.17, 15) is 0 Å². The highest BCUT2D eigenvalue weighted by molar-refractivity contribution is 6.31. The molecule has 0 aliphatic heterocycles. The number of nitrogens with two attached hydrogens (primary N) is 1. The zero-order chi connectivity index (χ0) is 11.8. The van der Waals surface area contributed by atoms with Crippen molar-refractivity contribution in [2.75, 3.05) is 5.32 Å². The van der Waals surface area contributed by atoms with Crippen molar-refractivity contribution in [1.82, 2.24) is 4.98 Å². The molecule has 0 bridgehead atoms. The van der Waals surface area contributed by atoms with E-state index in [0.717, 1.165) is 34.5 Å². The molecule has 3 rings (SSSR count). The summed E-state index contributed by atoms with van der Waals surface area (Å²) < 4.78 is 0. The second-order valence-corrected chi connectivity index (χ2v) is 5.03. The van der Waals surface area contributed by atoms with Crippen LogP contribution < -0.4 is 11.1 Å². The van der Waals surface area contributed by atoms with E-state index in [1.54, 1.807) is 0 Å². The Bertz CT molecular complexity index is 553. The summed E-state index contributed by atoms with van der Waals surface area (Å²) in [6, 6.07) is 8.63. The lowest BCUT2D eigenvalue weighted by atomic mass is 9.87. The predicted octanol–water partition coefficient (Wildman–Crippen LogP) is 3.21. The molecule has 1 heterocycles. The Balaban J connectivity index is 0.00000120. The molecule has 1 aromatic carbocycles. The van der Waals surface area contributed by atoms with Crippen LogP contribution in [0.1, 0.15) is 12.8 Å². The molecule has 18 heavy (non-hydrogen) atoms. The number of hydrogen-bond acceptors (Lipinski definition) is 3. The summed E-state index contributed by atoms with van der Waals surface area (Å²) in [4.78, 5) is 4.38. The Morgan fingerprint density at radius 3 is 2.78 bits per heavy atom. The first-order chi connectivity index (χ1) is 8.22. The second-order valence-electron chi connectivity index (χ2n) is 4.60. The molecule has 2 aromatic rings. The summed E-state index contributed by atoms with van der Waals surface area (Å²) in [5, 5.41) is 6.38. The maximum Gasteiger partial charge on any atom is 0.134 e. The number of nitrogens with one attached hydrogen (secondary N) is 1. The van der Waals surface area contributed by atoms with Crippen LogP contribution in [-0.2, 0) is 0 Å². The first-order valence-electron chi connectivity index (χ1n) is 5.79. The van der Waals surface area contributed by atoms with Gasteiger partial charge in [0.05, 0.1) is 0 Å². The van der Waals surface area contributed by atoms with E-state index in [2.05, 4.69) is 10.3 Å². The van der Waals surface area contributed by atoms with Gasteiger partial charge in [0, 0.05) is 28.7 Å². The minimum absolute atomic E-state index is 0. The van der Waals surface area contributed by atoms with Gasteiger partial charge in [-0.1, -0.05) is 17.7 Å². The van der Waals surface area contributed by atoms with Gasteiger partial charge in [0.2, 0.25) is 0 Å². The number of pyridine rings is 1. The van der Waals surface area contributed by atoms with Gasteiger partial charge in [0.1, 0.15) is 5.82 Å². The molecule has 0 spiro atoms. The molecule has 1 fully saturated rings. The molecular formula is C13H15Cl2N3. The first-order valence-corrected chi connectivity index (χ1v) is 6.16. The highest BCUT2D eigenvalue weighted by atomic mass is 35.5. The molecule has 96 valence electrons. The summed E-state index contributed by atoms with van der Waals surface area (Å²) in [7, 11) is 0. The number of anilines is 1. The van der Waals surface area contributed by atoms with Crippen LogP contribution in [-0.4, -0.2) is 17.1 Å². The number of nitrogens with zero attached hydrogens (tertiary/aromatic N) is 1. The van der Waals surface area contributed by atoms with E-state index in [-0.39, 0.29) is 12.4 Å². The smallest absolute Gasteiger partial charge is 0.134 e. The van der Waals surface area contributed by atoms with Crippen LogP contribution in [0.5, 0.6) is 0 Å². The zero-order valence-corrected chi connectivity index (χ0v) is 11.3. The highest BCUT2D eigenvalue weighted by Gasteiger charge is 2.26. The molecule has 3 N–H and O–H groups in total. The lowest BCUT2D eigenvalue weighted by Crippen LogP contribution is -2.44. The fraction of sp³-hybridized carbons (Fsp3) is 0.308. The molecule has 0 atom stereocenters. The fourth-order valence-corrected chi connectivity index (χ4v) is 2.40. The molecule has 3 nitrogen and oxygen atoms in total. The first kappa shape index (κ1) is 13.4. The van der Waals surface area contributed by atoms with Gasteiger partial charge in [-0.15, -0.1) is 12.4 Å². The van der Waals surface area contributed by atoms with Crippen LogP contribution in [0.4, 0.5) is 5.82 Å². The Hall–Kier alpha value is -1.03. The molecule has 1 aliphatic carbocycles. The van der Waals surface area contributed by atoms with E-state index in [0.29, 0.717) is 12.1 Å². The van der Waals surface area contributed by atoms with Gasteiger partial charge in [-0.05, 0) is 36.4 Å². The summed E-state index contributed by atoms with van der Waals surface area (Å²) in [6.45, 7) is 0. The average molecular weight is 284 g/mol. The number of hydrogen-bond donors (Lipinski definition) is 2. The van der Waals surface area contributed by atoms with Crippen molar-refractivity contribution in [3.63, 3.8) is 0 Å². The van der Waals surface area contributed by atoms with Crippen LogP contribution >= 0.6 is 24.0 Å². The van der Waals surface area contributed by atoms with E-state index in [1.807, 2.05) is 30.5 Å². The van der Waals surface area contributed by atoms with Crippen molar-refractivity contribution >= 4 is 40.6 Å². The number of halogens is 2. The van der Waals surface area contributed by atoms with E-state index >= 15 is 0 Å². The minimum Gasteiger partial charge on any atom is -0.367 e. The van der Waals surface area contributed by atoms with Crippen molar-refractivity contribution in [2.45, 2.75) is 24.9 Å². The number of rotatable bonds is 2. The van der Waals surface area contributed by atoms with Crippen LogP contribution in [0.2, 0.25) is 5.02 Å². The molecule has 1 saturated carbocycles. The molecule has 0 radical (unpaired) electrons. The number of aromatic nitrogens is 1. The molecule has 5 heteroatoms. The van der Waals surface area contributed by atoms with Gasteiger partial charge in [-0.3, -0.25) is 0 Å². The summed E-state index contributed by atoms with van der Waals surface area (Å²) in [6.07, 6.45) is 3.84. The maximum absolute atomic E-state index is 6.02. The third kappa shape index (κ3) is 2.53. The molecule has 0 saturated heterocycles. The van der Waals surface area contributed by atoms with Crippen molar-refractivity contribution in [3.05, 3.63) is 35.5 Å². The quantitative estimate of drug-likeness (QED) is 0.890. The lowest BCUT2D eigenvalue weighted by Gasteiger charge is -2.33. The van der Waals surface area contributed by atoms with E-state index in [1.165, 1.54) is 0 Å². The molecule has 0 amide bonds. The lowest BCUT2D eigenvalue weighted by molar-refractivity contribution is 0.373. The third-order valence-electron chi connectivity index (χ3n) is 3.24. The normalized spacial score (nSPS) is 22.1. The Morgan fingerprint density at radius 1 is 1.28 bits per heavy atom. The maximum atomic E-state index is 6.02. The number of fused-ring (bicyclic) bond motifs is 1. The van der Waals surface area contributed by atoms with E-state index in [4.69, 9.17) is 17.3 Å². The van der Waals surface area contributed by atoms with Gasteiger partial charge in [-0.25, -0.2) is 4.98 Å². The summed E-state index contributed by atoms with van der Waals surface area (Å²) in [5.74, 6) is 0.905.